The average Bonchev–Trinajstić information content (AvgIpc) is 3.60. The fourth-order valence-corrected chi connectivity index (χ4v) is 6.78. The largest absolute Gasteiger partial charge is 0.339 e. The summed E-state index contributed by atoms with van der Waals surface area (Å²) in [6.45, 7) is 13.2. The minimum atomic E-state index is -0.0349. The molecule has 2 fully saturated rings. The normalized spacial score (nSPS) is 20.0. The van der Waals surface area contributed by atoms with E-state index >= 15 is 0 Å². The third-order valence-corrected chi connectivity index (χ3v) is 9.18. The van der Waals surface area contributed by atoms with Crippen molar-refractivity contribution in [3.63, 3.8) is 0 Å². The van der Waals surface area contributed by atoms with Crippen molar-refractivity contribution in [2.24, 2.45) is 18.9 Å². The van der Waals surface area contributed by atoms with Gasteiger partial charge in [0.25, 0.3) is 5.91 Å². The van der Waals surface area contributed by atoms with Crippen LogP contribution in [0.4, 0.5) is 5.69 Å². The molecule has 7 heteroatoms. The van der Waals surface area contributed by atoms with Gasteiger partial charge in [0.05, 0.1) is 12.1 Å². The predicted octanol–water partition coefficient (Wildman–Crippen LogP) is 6.50. The molecule has 3 aromatic rings. The van der Waals surface area contributed by atoms with E-state index in [1.165, 1.54) is 11.1 Å². The summed E-state index contributed by atoms with van der Waals surface area (Å²) in [5, 5.41) is 7.46. The van der Waals surface area contributed by atoms with E-state index < -0.39 is 0 Å². The maximum atomic E-state index is 13.5. The van der Waals surface area contributed by atoms with Crippen molar-refractivity contribution in [1.29, 1.82) is 0 Å². The Hall–Kier alpha value is -3.45. The van der Waals surface area contributed by atoms with E-state index in [9.17, 15) is 9.59 Å². The molecule has 2 unspecified atom stereocenters. The first-order valence-corrected chi connectivity index (χ1v) is 15.6. The molecule has 3 heterocycles. The second-order valence-corrected chi connectivity index (χ2v) is 13.1. The molecule has 7 nitrogen and oxygen atoms in total. The first-order valence-electron chi connectivity index (χ1n) is 15.6. The molecule has 224 valence electrons. The zero-order valence-corrected chi connectivity index (χ0v) is 26.1. The van der Waals surface area contributed by atoms with Gasteiger partial charge < -0.3 is 10.2 Å². The van der Waals surface area contributed by atoms with Gasteiger partial charge in [0.2, 0.25) is 5.91 Å². The topological polar surface area (TPSA) is 70.5 Å². The van der Waals surface area contributed by atoms with Crippen LogP contribution in [0.3, 0.4) is 0 Å². The number of carbonyl (C=O) groups excluding carboxylic acids is 2. The van der Waals surface area contributed by atoms with Gasteiger partial charge >= 0.3 is 0 Å². The first-order chi connectivity index (χ1) is 20.1. The number of aromatic nitrogens is 2. The molecule has 0 bridgehead atoms. The van der Waals surface area contributed by atoms with Gasteiger partial charge in [-0.2, -0.15) is 5.10 Å². The Bertz CT molecular complexity index is 1380. The molecule has 0 radical (unpaired) electrons. The van der Waals surface area contributed by atoms with E-state index in [1.807, 2.05) is 54.1 Å². The molecule has 2 aliphatic heterocycles. The number of benzene rings is 2. The van der Waals surface area contributed by atoms with Gasteiger partial charge in [0.15, 0.2) is 0 Å². The fourth-order valence-electron chi connectivity index (χ4n) is 6.78. The lowest BCUT2D eigenvalue weighted by Gasteiger charge is -2.32. The van der Waals surface area contributed by atoms with Crippen molar-refractivity contribution in [1.82, 2.24) is 19.6 Å². The Balaban J connectivity index is 1.19. The van der Waals surface area contributed by atoms with Crippen LogP contribution in [0.15, 0.2) is 54.9 Å². The van der Waals surface area contributed by atoms with E-state index in [4.69, 9.17) is 0 Å². The van der Waals surface area contributed by atoms with Gasteiger partial charge in [-0.05, 0) is 87.1 Å². The minimum absolute atomic E-state index is 0.0349. The Morgan fingerprint density at radius 2 is 1.71 bits per heavy atom. The summed E-state index contributed by atoms with van der Waals surface area (Å²) >= 11 is 0. The van der Waals surface area contributed by atoms with E-state index in [1.54, 1.807) is 0 Å². The van der Waals surface area contributed by atoms with E-state index in [0.29, 0.717) is 29.5 Å². The number of nitrogens with zero attached hydrogens (tertiary/aromatic N) is 4. The van der Waals surface area contributed by atoms with Crippen LogP contribution in [0.1, 0.15) is 80.8 Å². The van der Waals surface area contributed by atoms with E-state index in [2.05, 4.69) is 67.3 Å². The lowest BCUT2D eigenvalue weighted by molar-refractivity contribution is -0.119. The maximum Gasteiger partial charge on any atom is 0.253 e. The number of carbonyl (C=O) groups is 2. The van der Waals surface area contributed by atoms with Crippen molar-refractivity contribution >= 4 is 17.5 Å². The van der Waals surface area contributed by atoms with Crippen LogP contribution >= 0.6 is 0 Å². The van der Waals surface area contributed by atoms with Crippen molar-refractivity contribution in [2.45, 2.75) is 78.3 Å². The van der Waals surface area contributed by atoms with Crippen LogP contribution in [0, 0.1) is 18.8 Å². The summed E-state index contributed by atoms with van der Waals surface area (Å²) in [6, 6.07) is 15.4. The lowest BCUT2D eigenvalue weighted by atomic mass is 9.88. The highest BCUT2D eigenvalue weighted by atomic mass is 16.2. The SMILES string of the molecule is Cc1ccc(C(=O)N2CCC(c3ccc(-c4cnn(C)c4)cc3)CC2)cc1NC(=O)C1CC(CC(C)C)N(C(C)C)C1. The quantitative estimate of drug-likeness (QED) is 0.336. The second-order valence-electron chi connectivity index (χ2n) is 13.1. The van der Waals surface area contributed by atoms with Gasteiger partial charge in [-0.25, -0.2) is 0 Å². The van der Waals surface area contributed by atoms with Crippen molar-refractivity contribution in [2.75, 3.05) is 25.0 Å². The minimum Gasteiger partial charge on any atom is -0.339 e. The number of amides is 2. The summed E-state index contributed by atoms with van der Waals surface area (Å²) < 4.78 is 1.82. The van der Waals surface area contributed by atoms with Crippen LogP contribution in [0.25, 0.3) is 11.1 Å². The molecule has 2 amide bonds. The molecule has 2 aromatic carbocycles. The summed E-state index contributed by atoms with van der Waals surface area (Å²) in [5.74, 6) is 1.12. The maximum absolute atomic E-state index is 13.5. The molecule has 2 saturated heterocycles. The predicted molar refractivity (Wildman–Crippen MR) is 170 cm³/mol. The summed E-state index contributed by atoms with van der Waals surface area (Å²) in [5.41, 5.74) is 5.98. The van der Waals surface area contributed by atoms with Crippen LogP contribution in [-0.2, 0) is 11.8 Å². The molecular weight excluding hydrogens is 522 g/mol. The fraction of sp³-hybridized carbons (Fsp3) is 0.514. The van der Waals surface area contributed by atoms with Crippen LogP contribution in [0.5, 0.6) is 0 Å². The number of nitrogens with one attached hydrogen (secondary N) is 1. The number of likely N-dealkylation sites (tertiary alicyclic amines) is 2. The molecule has 0 aliphatic carbocycles. The summed E-state index contributed by atoms with van der Waals surface area (Å²) in [4.78, 5) is 31.3. The van der Waals surface area contributed by atoms with Crippen molar-refractivity contribution in [3.8, 4) is 11.1 Å². The van der Waals surface area contributed by atoms with Crippen LogP contribution in [-0.4, -0.2) is 63.1 Å². The highest BCUT2D eigenvalue weighted by molar-refractivity contribution is 5.98. The van der Waals surface area contributed by atoms with E-state index in [-0.39, 0.29) is 17.7 Å². The van der Waals surface area contributed by atoms with E-state index in [0.717, 1.165) is 62.1 Å². The number of hydrogen-bond donors (Lipinski definition) is 1. The number of piperidine rings is 1. The average molecular weight is 570 g/mol. The molecule has 1 aromatic heterocycles. The third-order valence-electron chi connectivity index (χ3n) is 9.18. The Kier molecular flexibility index (Phi) is 9.16. The smallest absolute Gasteiger partial charge is 0.253 e. The van der Waals surface area contributed by atoms with Crippen LogP contribution in [0.2, 0.25) is 0 Å². The molecule has 1 N–H and O–H groups in total. The summed E-state index contributed by atoms with van der Waals surface area (Å²) in [6.07, 6.45) is 7.80. The number of aryl methyl sites for hydroxylation is 2. The number of rotatable bonds is 8. The molecule has 0 spiro atoms. The standard InChI is InChI=1S/C35H47N5O2/c1-23(2)17-32-18-30(22-40(32)24(3)4)34(41)37-33-19-29(8-7-25(33)5)35(42)39-15-13-28(14-16-39)26-9-11-27(12-10-26)31-20-36-38(6)21-31/h7-12,19-21,23-24,28,30,32H,13-18,22H2,1-6H3,(H,37,41). The Morgan fingerprint density at radius 3 is 2.33 bits per heavy atom. The van der Waals surface area contributed by atoms with Gasteiger partial charge in [-0.3, -0.25) is 19.2 Å². The third kappa shape index (κ3) is 6.78. The summed E-state index contributed by atoms with van der Waals surface area (Å²) in [7, 11) is 1.93. The van der Waals surface area contributed by atoms with Crippen molar-refractivity contribution in [3.05, 3.63) is 71.5 Å². The Labute approximate surface area is 251 Å². The monoisotopic (exact) mass is 569 g/mol. The molecule has 2 atom stereocenters. The highest BCUT2D eigenvalue weighted by Gasteiger charge is 2.37. The molecule has 2 aliphatic rings. The second kappa shape index (κ2) is 12.8. The molecule has 42 heavy (non-hydrogen) atoms. The molecule has 0 saturated carbocycles. The molecule has 5 rings (SSSR count). The Morgan fingerprint density at radius 1 is 1.00 bits per heavy atom. The van der Waals surface area contributed by atoms with Gasteiger partial charge in [-0.15, -0.1) is 0 Å². The zero-order chi connectivity index (χ0) is 30.0. The first kappa shape index (κ1) is 30.0. The lowest BCUT2D eigenvalue weighted by Crippen LogP contribution is -2.38. The zero-order valence-electron chi connectivity index (χ0n) is 26.1. The van der Waals surface area contributed by atoms with Gasteiger partial charge in [0.1, 0.15) is 0 Å². The number of anilines is 1. The molecular formula is C35H47N5O2. The van der Waals surface area contributed by atoms with Gasteiger partial charge in [0, 0.05) is 61.8 Å². The highest BCUT2D eigenvalue weighted by Crippen LogP contribution is 2.33. The van der Waals surface area contributed by atoms with Crippen molar-refractivity contribution < 1.29 is 9.59 Å². The van der Waals surface area contributed by atoms with Gasteiger partial charge in [-0.1, -0.05) is 44.2 Å². The van der Waals surface area contributed by atoms with Crippen LogP contribution < -0.4 is 5.32 Å². The number of hydrogen-bond acceptors (Lipinski definition) is 4.